The summed E-state index contributed by atoms with van der Waals surface area (Å²) >= 11 is 0. The average Bonchev–Trinajstić information content (AvgIpc) is 2.52. The highest BCUT2D eigenvalue weighted by atomic mass is 16.5. The quantitative estimate of drug-likeness (QED) is 0.732. The zero-order valence-electron chi connectivity index (χ0n) is 10.4. The van der Waals surface area contributed by atoms with Gasteiger partial charge in [-0.2, -0.15) is 0 Å². The zero-order valence-corrected chi connectivity index (χ0v) is 10.4. The third-order valence-electron chi connectivity index (χ3n) is 2.95. The van der Waals surface area contributed by atoms with E-state index in [0.717, 1.165) is 16.7 Å². The normalized spacial score (nSPS) is 10.8. The molecule has 2 rings (SSSR count). The van der Waals surface area contributed by atoms with Crippen LogP contribution in [-0.4, -0.2) is 13.1 Å². The third-order valence-corrected chi connectivity index (χ3v) is 2.95. The second-order valence-corrected chi connectivity index (χ2v) is 4.40. The van der Waals surface area contributed by atoms with E-state index in [2.05, 4.69) is 19.9 Å². The Balaban J connectivity index is 2.72. The van der Waals surface area contributed by atoms with Gasteiger partial charge in [0.2, 0.25) is 0 Å². The molecule has 0 bridgehead atoms. The molecule has 0 unspecified atom stereocenters. The second kappa shape index (κ2) is 4.58. The molecule has 0 amide bonds. The first-order chi connectivity index (χ1) is 8.15. The lowest BCUT2D eigenvalue weighted by Crippen LogP contribution is -2.04. The van der Waals surface area contributed by atoms with Gasteiger partial charge in [-0.05, 0) is 28.7 Å². The van der Waals surface area contributed by atoms with Crippen molar-refractivity contribution in [1.29, 1.82) is 0 Å². The van der Waals surface area contributed by atoms with Crippen molar-refractivity contribution in [2.24, 2.45) is 0 Å². The molecule has 0 heterocycles. The Kier molecular flexibility index (Phi) is 3.14. The van der Waals surface area contributed by atoms with Crippen LogP contribution in [0.4, 0.5) is 0 Å². The summed E-state index contributed by atoms with van der Waals surface area (Å²) in [6.45, 7) is 4.17. The number of ether oxygens (including phenoxy) is 1. The van der Waals surface area contributed by atoms with Gasteiger partial charge in [0.25, 0.3) is 0 Å². The van der Waals surface area contributed by atoms with E-state index in [0.29, 0.717) is 11.5 Å². The first-order valence-electron chi connectivity index (χ1n) is 5.75. The molecule has 0 aliphatic heterocycles. The van der Waals surface area contributed by atoms with E-state index in [1.54, 1.807) is 0 Å². The average molecular weight is 228 g/mol. The summed E-state index contributed by atoms with van der Waals surface area (Å²) in [6, 6.07) is 11.9. The zero-order chi connectivity index (χ0) is 12.4. The Morgan fingerprint density at radius 3 is 2.53 bits per heavy atom. The SMILES string of the molecule is COC(=O)c1c2cccccc-2cc1C(C)C. The fourth-order valence-corrected chi connectivity index (χ4v) is 2.10. The second-order valence-electron chi connectivity index (χ2n) is 4.40. The molecular formula is C15H16O2. The Hall–Kier alpha value is -1.83. The van der Waals surface area contributed by atoms with Crippen LogP contribution in [0.2, 0.25) is 0 Å². The molecule has 2 nitrogen and oxygen atoms in total. The van der Waals surface area contributed by atoms with Crippen molar-refractivity contribution in [2.75, 3.05) is 7.11 Å². The van der Waals surface area contributed by atoms with Crippen molar-refractivity contribution in [1.82, 2.24) is 0 Å². The molecule has 0 saturated heterocycles. The lowest BCUT2D eigenvalue weighted by molar-refractivity contribution is 0.0600. The summed E-state index contributed by atoms with van der Waals surface area (Å²) in [5, 5.41) is 0. The van der Waals surface area contributed by atoms with Crippen molar-refractivity contribution >= 4 is 5.97 Å². The van der Waals surface area contributed by atoms with Crippen LogP contribution in [0.1, 0.15) is 35.7 Å². The summed E-state index contributed by atoms with van der Waals surface area (Å²) in [5.41, 5.74) is 3.80. The first kappa shape index (κ1) is 11.6. The van der Waals surface area contributed by atoms with Crippen LogP contribution >= 0.6 is 0 Å². The van der Waals surface area contributed by atoms with Gasteiger partial charge in [0, 0.05) is 0 Å². The molecule has 0 spiro atoms. The number of methoxy groups -OCH3 is 1. The van der Waals surface area contributed by atoms with E-state index in [-0.39, 0.29) is 5.97 Å². The van der Waals surface area contributed by atoms with E-state index in [1.807, 2.05) is 30.3 Å². The van der Waals surface area contributed by atoms with Gasteiger partial charge in [-0.15, -0.1) is 0 Å². The molecule has 0 aromatic carbocycles. The monoisotopic (exact) mass is 228 g/mol. The predicted molar refractivity (Wildman–Crippen MR) is 68.5 cm³/mol. The number of fused-ring (bicyclic) bond motifs is 1. The van der Waals surface area contributed by atoms with Crippen molar-refractivity contribution in [3.05, 3.63) is 47.5 Å². The van der Waals surface area contributed by atoms with Gasteiger partial charge >= 0.3 is 5.97 Å². The minimum atomic E-state index is -0.255. The van der Waals surface area contributed by atoms with Crippen molar-refractivity contribution in [2.45, 2.75) is 19.8 Å². The maximum Gasteiger partial charge on any atom is 0.338 e. The molecule has 0 fully saturated rings. The minimum absolute atomic E-state index is 0.255. The summed E-state index contributed by atoms with van der Waals surface area (Å²) in [7, 11) is 1.42. The highest BCUT2D eigenvalue weighted by Crippen LogP contribution is 2.35. The van der Waals surface area contributed by atoms with Crippen molar-refractivity contribution in [3.8, 4) is 11.1 Å². The van der Waals surface area contributed by atoms with Crippen LogP contribution in [0.3, 0.4) is 0 Å². The van der Waals surface area contributed by atoms with E-state index in [9.17, 15) is 4.79 Å². The van der Waals surface area contributed by atoms with Crippen LogP contribution < -0.4 is 0 Å². The van der Waals surface area contributed by atoms with Gasteiger partial charge in [-0.3, -0.25) is 0 Å². The third kappa shape index (κ3) is 2.03. The minimum Gasteiger partial charge on any atom is -0.465 e. The van der Waals surface area contributed by atoms with Crippen LogP contribution in [0, 0.1) is 0 Å². The van der Waals surface area contributed by atoms with Gasteiger partial charge in [-0.1, -0.05) is 44.2 Å². The van der Waals surface area contributed by atoms with Crippen LogP contribution in [0.5, 0.6) is 0 Å². The van der Waals surface area contributed by atoms with Gasteiger partial charge in [-0.25, -0.2) is 4.79 Å². The first-order valence-corrected chi connectivity index (χ1v) is 5.75. The highest BCUT2D eigenvalue weighted by molar-refractivity contribution is 6.01. The number of hydrogen-bond donors (Lipinski definition) is 0. The molecule has 0 radical (unpaired) electrons. The van der Waals surface area contributed by atoms with Crippen LogP contribution in [0.25, 0.3) is 11.1 Å². The fourth-order valence-electron chi connectivity index (χ4n) is 2.10. The Morgan fingerprint density at radius 2 is 1.88 bits per heavy atom. The maximum absolute atomic E-state index is 11.9. The fraction of sp³-hybridized carbons (Fsp3) is 0.267. The van der Waals surface area contributed by atoms with Gasteiger partial charge < -0.3 is 4.74 Å². The van der Waals surface area contributed by atoms with E-state index in [1.165, 1.54) is 7.11 Å². The molecule has 0 N–H and O–H groups in total. The number of esters is 1. The van der Waals surface area contributed by atoms with Gasteiger partial charge in [0.1, 0.15) is 0 Å². The van der Waals surface area contributed by atoms with Crippen molar-refractivity contribution < 1.29 is 9.53 Å². The van der Waals surface area contributed by atoms with Crippen LogP contribution in [-0.2, 0) is 4.74 Å². The molecule has 88 valence electrons. The lowest BCUT2D eigenvalue weighted by atomic mass is 10.0. The molecule has 0 saturated carbocycles. The van der Waals surface area contributed by atoms with Gasteiger partial charge in [0.05, 0.1) is 12.7 Å². The Labute approximate surface area is 102 Å². The predicted octanol–water partition coefficient (Wildman–Crippen LogP) is 3.70. The van der Waals surface area contributed by atoms with Crippen molar-refractivity contribution in [3.63, 3.8) is 0 Å². The largest absolute Gasteiger partial charge is 0.465 e. The summed E-state index contributed by atoms with van der Waals surface area (Å²) in [4.78, 5) is 11.9. The van der Waals surface area contributed by atoms with E-state index < -0.39 is 0 Å². The smallest absolute Gasteiger partial charge is 0.338 e. The summed E-state index contributed by atoms with van der Waals surface area (Å²) < 4.78 is 4.89. The molecule has 0 aromatic rings. The molecule has 2 aliphatic carbocycles. The molecule has 0 aromatic heterocycles. The standard InChI is InChI=1S/C15H16O2/c1-10(2)13-9-11-7-5-4-6-8-12(11)14(13)15(16)17-3/h4-10H,1-3H3. The number of rotatable bonds is 2. The van der Waals surface area contributed by atoms with Gasteiger partial charge in [0.15, 0.2) is 0 Å². The number of hydrogen-bond acceptors (Lipinski definition) is 2. The molecular weight excluding hydrogens is 212 g/mol. The lowest BCUT2D eigenvalue weighted by Gasteiger charge is -2.06. The van der Waals surface area contributed by atoms with E-state index in [4.69, 9.17) is 4.74 Å². The topological polar surface area (TPSA) is 26.3 Å². The number of carbonyl (C=O) groups excluding carboxylic acids is 1. The molecule has 0 atom stereocenters. The van der Waals surface area contributed by atoms with E-state index >= 15 is 0 Å². The number of carbonyl (C=O) groups is 1. The molecule has 17 heavy (non-hydrogen) atoms. The summed E-state index contributed by atoms with van der Waals surface area (Å²) in [5.74, 6) is 0.0525. The maximum atomic E-state index is 11.9. The molecule has 2 aliphatic rings. The highest BCUT2D eigenvalue weighted by Gasteiger charge is 2.22. The summed E-state index contributed by atoms with van der Waals surface area (Å²) in [6.07, 6.45) is 0. The molecule has 2 heteroatoms. The Morgan fingerprint density at radius 1 is 1.18 bits per heavy atom. The Bertz CT molecular complexity index is 515. The van der Waals surface area contributed by atoms with Crippen LogP contribution in [0.15, 0.2) is 36.4 Å².